The minimum atomic E-state index is -0.606. The van der Waals surface area contributed by atoms with Gasteiger partial charge in [-0.05, 0) is 12.0 Å². The number of nitro benzene ring substituents is 2. The van der Waals surface area contributed by atoms with Crippen LogP contribution in [-0.2, 0) is 6.42 Å². The van der Waals surface area contributed by atoms with Crippen molar-refractivity contribution in [1.29, 1.82) is 0 Å². The number of non-ortho nitro benzene ring substituents is 1. The van der Waals surface area contributed by atoms with Gasteiger partial charge in [-0.15, -0.1) is 0 Å². The second-order valence-electron chi connectivity index (χ2n) is 3.66. The molecule has 1 aromatic carbocycles. The lowest BCUT2D eigenvalue weighted by molar-refractivity contribution is -0.393. The van der Waals surface area contributed by atoms with E-state index in [4.69, 9.17) is 0 Å². The predicted octanol–water partition coefficient (Wildman–Crippen LogP) is 1.50. The largest absolute Gasteiger partial charge is 0.368 e. The Balaban J connectivity index is 2.66. The van der Waals surface area contributed by atoms with Crippen LogP contribution in [0.25, 0.3) is 0 Å². The van der Waals surface area contributed by atoms with Crippen LogP contribution >= 0.6 is 0 Å². The van der Waals surface area contributed by atoms with Crippen LogP contribution in [0.15, 0.2) is 12.1 Å². The smallest absolute Gasteiger partial charge is 0.299 e. The highest BCUT2D eigenvalue weighted by atomic mass is 16.6. The average molecular weight is 223 g/mol. The summed E-state index contributed by atoms with van der Waals surface area (Å²) in [6, 6.07) is 2.42. The number of benzene rings is 1. The standard InChI is InChI=1S/C9H9N3O4/c1-10-3-2-6-4-7(11(13)14)5-8(9(6)10)12(15)16/h4-5H,2-3H2,1H3. The molecular weight excluding hydrogens is 214 g/mol. The quantitative estimate of drug-likeness (QED) is 0.559. The van der Waals surface area contributed by atoms with E-state index in [-0.39, 0.29) is 11.4 Å². The van der Waals surface area contributed by atoms with E-state index in [1.165, 1.54) is 6.07 Å². The van der Waals surface area contributed by atoms with Gasteiger partial charge in [-0.1, -0.05) is 0 Å². The molecule has 0 spiro atoms. The molecule has 0 saturated carbocycles. The summed E-state index contributed by atoms with van der Waals surface area (Å²) in [5, 5.41) is 21.5. The van der Waals surface area contributed by atoms with E-state index in [0.29, 0.717) is 24.2 Å². The maximum atomic E-state index is 10.8. The summed E-state index contributed by atoms with van der Waals surface area (Å²) in [5.74, 6) is 0. The first-order valence-electron chi connectivity index (χ1n) is 4.67. The minimum Gasteiger partial charge on any atom is -0.368 e. The first kappa shape index (κ1) is 10.3. The zero-order valence-corrected chi connectivity index (χ0v) is 8.54. The Labute approximate surface area is 90.6 Å². The van der Waals surface area contributed by atoms with E-state index >= 15 is 0 Å². The third-order valence-electron chi connectivity index (χ3n) is 2.66. The van der Waals surface area contributed by atoms with Crippen molar-refractivity contribution in [1.82, 2.24) is 0 Å². The summed E-state index contributed by atoms with van der Waals surface area (Å²) in [6.07, 6.45) is 0.606. The molecule has 0 unspecified atom stereocenters. The minimum absolute atomic E-state index is 0.191. The van der Waals surface area contributed by atoms with Crippen molar-refractivity contribution >= 4 is 17.1 Å². The third kappa shape index (κ3) is 1.46. The summed E-state index contributed by atoms with van der Waals surface area (Å²) in [6.45, 7) is 0.650. The molecule has 7 heteroatoms. The van der Waals surface area contributed by atoms with Gasteiger partial charge in [-0.3, -0.25) is 20.2 Å². The third-order valence-corrected chi connectivity index (χ3v) is 2.66. The highest BCUT2D eigenvalue weighted by Gasteiger charge is 2.29. The first-order chi connectivity index (χ1) is 7.50. The van der Waals surface area contributed by atoms with Crippen LogP contribution in [0.2, 0.25) is 0 Å². The number of anilines is 1. The van der Waals surface area contributed by atoms with Crippen molar-refractivity contribution in [2.45, 2.75) is 6.42 Å². The zero-order chi connectivity index (χ0) is 11.9. The van der Waals surface area contributed by atoms with Crippen molar-refractivity contribution in [2.75, 3.05) is 18.5 Å². The van der Waals surface area contributed by atoms with E-state index in [1.807, 2.05) is 0 Å². The monoisotopic (exact) mass is 223 g/mol. The Kier molecular flexibility index (Phi) is 2.22. The fourth-order valence-corrected chi connectivity index (χ4v) is 1.94. The van der Waals surface area contributed by atoms with Crippen molar-refractivity contribution in [2.24, 2.45) is 0 Å². The molecule has 7 nitrogen and oxygen atoms in total. The second kappa shape index (κ2) is 3.44. The normalized spacial score (nSPS) is 13.7. The zero-order valence-electron chi connectivity index (χ0n) is 8.54. The van der Waals surface area contributed by atoms with Gasteiger partial charge in [0.1, 0.15) is 5.69 Å². The number of nitrogens with zero attached hydrogens (tertiary/aromatic N) is 3. The molecule has 16 heavy (non-hydrogen) atoms. The molecule has 1 aromatic rings. The molecular formula is C9H9N3O4. The van der Waals surface area contributed by atoms with Crippen molar-refractivity contribution in [3.8, 4) is 0 Å². The Bertz CT molecular complexity index is 486. The molecule has 0 atom stereocenters. The number of likely N-dealkylation sites (N-methyl/N-ethyl adjacent to an activating group) is 1. The van der Waals surface area contributed by atoms with E-state index in [1.54, 1.807) is 11.9 Å². The highest BCUT2D eigenvalue weighted by Crippen LogP contribution is 2.39. The van der Waals surface area contributed by atoms with Gasteiger partial charge in [-0.2, -0.15) is 0 Å². The molecule has 0 fully saturated rings. The van der Waals surface area contributed by atoms with Crippen molar-refractivity contribution in [3.05, 3.63) is 37.9 Å². The predicted molar refractivity (Wildman–Crippen MR) is 56.7 cm³/mol. The van der Waals surface area contributed by atoms with Gasteiger partial charge in [0.15, 0.2) is 0 Å². The number of hydrogen-bond donors (Lipinski definition) is 0. The summed E-state index contributed by atoms with van der Waals surface area (Å²) in [5.41, 5.74) is 0.754. The summed E-state index contributed by atoms with van der Waals surface area (Å²) < 4.78 is 0. The average Bonchev–Trinajstić information content (AvgIpc) is 2.59. The molecule has 0 amide bonds. The molecule has 1 aliphatic heterocycles. The molecule has 0 radical (unpaired) electrons. The van der Waals surface area contributed by atoms with Crippen LogP contribution < -0.4 is 4.90 Å². The summed E-state index contributed by atoms with van der Waals surface area (Å²) in [4.78, 5) is 22.0. The molecule has 84 valence electrons. The van der Waals surface area contributed by atoms with E-state index < -0.39 is 9.85 Å². The van der Waals surface area contributed by atoms with Gasteiger partial charge in [0.2, 0.25) is 0 Å². The fourth-order valence-electron chi connectivity index (χ4n) is 1.94. The van der Waals surface area contributed by atoms with Crippen molar-refractivity contribution in [3.63, 3.8) is 0 Å². The highest BCUT2D eigenvalue weighted by molar-refractivity contribution is 5.73. The van der Waals surface area contributed by atoms with Gasteiger partial charge in [0, 0.05) is 19.7 Å². The lowest BCUT2D eigenvalue weighted by atomic mass is 10.1. The maximum absolute atomic E-state index is 10.8. The van der Waals surface area contributed by atoms with Crippen LogP contribution in [0.5, 0.6) is 0 Å². The molecule has 0 saturated heterocycles. The van der Waals surface area contributed by atoms with Crippen LogP contribution in [0.3, 0.4) is 0 Å². The SMILES string of the molecule is CN1CCc2cc([N+](=O)[O-])cc([N+](=O)[O-])c21. The maximum Gasteiger partial charge on any atom is 0.299 e. The van der Waals surface area contributed by atoms with E-state index in [0.717, 1.165) is 6.07 Å². The number of nitro groups is 2. The first-order valence-corrected chi connectivity index (χ1v) is 4.67. The Morgan fingerprint density at radius 3 is 2.50 bits per heavy atom. The number of fused-ring (bicyclic) bond motifs is 1. The Morgan fingerprint density at radius 1 is 1.25 bits per heavy atom. The molecule has 1 aliphatic rings. The van der Waals surface area contributed by atoms with Crippen LogP contribution in [0.4, 0.5) is 17.1 Å². The van der Waals surface area contributed by atoms with Gasteiger partial charge < -0.3 is 4.90 Å². The van der Waals surface area contributed by atoms with Gasteiger partial charge in [0.05, 0.1) is 15.9 Å². The fraction of sp³-hybridized carbons (Fsp3) is 0.333. The number of rotatable bonds is 2. The van der Waals surface area contributed by atoms with Crippen LogP contribution in [0, 0.1) is 20.2 Å². The molecule has 2 rings (SSSR count). The Morgan fingerprint density at radius 2 is 1.94 bits per heavy atom. The van der Waals surface area contributed by atoms with Crippen LogP contribution in [-0.4, -0.2) is 23.4 Å². The molecule has 0 aromatic heterocycles. The lowest BCUT2D eigenvalue weighted by Gasteiger charge is -2.11. The van der Waals surface area contributed by atoms with Gasteiger partial charge in [-0.25, -0.2) is 0 Å². The molecule has 0 aliphatic carbocycles. The van der Waals surface area contributed by atoms with Crippen LogP contribution in [0.1, 0.15) is 5.56 Å². The summed E-state index contributed by atoms with van der Waals surface area (Å²) >= 11 is 0. The van der Waals surface area contributed by atoms with Gasteiger partial charge in [0.25, 0.3) is 11.4 Å². The van der Waals surface area contributed by atoms with Crippen molar-refractivity contribution < 1.29 is 9.85 Å². The summed E-state index contributed by atoms with van der Waals surface area (Å²) in [7, 11) is 1.74. The molecule has 0 bridgehead atoms. The molecule has 1 heterocycles. The van der Waals surface area contributed by atoms with E-state index in [2.05, 4.69) is 0 Å². The lowest BCUT2D eigenvalue weighted by Crippen LogP contribution is -2.14. The Hall–Kier alpha value is -2.18. The van der Waals surface area contributed by atoms with E-state index in [9.17, 15) is 20.2 Å². The topological polar surface area (TPSA) is 89.5 Å². The second-order valence-corrected chi connectivity index (χ2v) is 3.66. The molecule has 0 N–H and O–H groups in total. The number of hydrogen-bond acceptors (Lipinski definition) is 5. The van der Waals surface area contributed by atoms with Gasteiger partial charge >= 0.3 is 0 Å².